The molecule has 6 rings (SSSR count). The highest BCUT2D eigenvalue weighted by molar-refractivity contribution is 8.01. The molecule has 4 N–H and O–H groups in total. The van der Waals surface area contributed by atoms with Gasteiger partial charge in [0.05, 0.1) is 12.3 Å². The number of rotatable bonds is 9. The van der Waals surface area contributed by atoms with Crippen LogP contribution in [0.15, 0.2) is 83.0 Å². The summed E-state index contributed by atoms with van der Waals surface area (Å²) in [6.07, 6.45) is -0.677. The molecule has 210 valence electrons. The molecule has 1 fully saturated rings. The smallest absolute Gasteiger partial charge is 0.356 e. The van der Waals surface area contributed by atoms with E-state index in [4.69, 9.17) is 10.5 Å². The average Bonchev–Trinajstić information content (AvgIpc) is 3.45. The Morgan fingerprint density at radius 3 is 2.39 bits per heavy atom. The topological polar surface area (TPSA) is 156 Å². The SMILES string of the molecule is NC1C(=O)N2C(C(=O)OC(c3ccccc3)c3ccccc3)=C(CSc3cc(CO)nc4nc(CO)nn34)CS[C@H]12. The first-order valence-corrected chi connectivity index (χ1v) is 14.8. The van der Waals surface area contributed by atoms with Gasteiger partial charge in [-0.3, -0.25) is 9.69 Å². The van der Waals surface area contributed by atoms with E-state index in [0.29, 0.717) is 27.8 Å². The summed E-state index contributed by atoms with van der Waals surface area (Å²) >= 11 is 2.85. The molecule has 41 heavy (non-hydrogen) atoms. The van der Waals surface area contributed by atoms with Gasteiger partial charge in [0.1, 0.15) is 28.7 Å². The molecule has 0 saturated carbocycles. The number of hydrogen-bond acceptors (Lipinski definition) is 11. The van der Waals surface area contributed by atoms with Crippen molar-refractivity contribution in [2.45, 2.75) is 35.8 Å². The zero-order valence-corrected chi connectivity index (χ0v) is 23.3. The van der Waals surface area contributed by atoms with Crippen molar-refractivity contribution in [3.63, 3.8) is 0 Å². The minimum Gasteiger partial charge on any atom is -0.448 e. The Kier molecular flexibility index (Phi) is 7.77. The second-order valence-corrected chi connectivity index (χ2v) is 11.5. The van der Waals surface area contributed by atoms with Gasteiger partial charge in [-0.05, 0) is 22.8 Å². The number of ether oxygens (including phenoxy) is 1. The molecule has 13 heteroatoms. The molecule has 4 heterocycles. The van der Waals surface area contributed by atoms with Gasteiger partial charge in [-0.25, -0.2) is 9.78 Å². The third-order valence-corrected chi connectivity index (χ3v) is 9.23. The van der Waals surface area contributed by atoms with E-state index >= 15 is 0 Å². The summed E-state index contributed by atoms with van der Waals surface area (Å²) in [4.78, 5) is 36.7. The number of esters is 1. The predicted molar refractivity (Wildman–Crippen MR) is 152 cm³/mol. The second-order valence-electron chi connectivity index (χ2n) is 9.42. The lowest BCUT2D eigenvalue weighted by molar-refractivity contribution is -0.153. The number of carbonyl (C=O) groups excluding carboxylic acids is 2. The number of aliphatic hydroxyl groups excluding tert-OH is 2. The summed E-state index contributed by atoms with van der Waals surface area (Å²) in [5.74, 6) is 0.298. The van der Waals surface area contributed by atoms with Crippen LogP contribution in [0.5, 0.6) is 0 Å². The zero-order chi connectivity index (χ0) is 28.5. The first-order valence-electron chi connectivity index (χ1n) is 12.8. The maximum absolute atomic E-state index is 13.9. The number of aliphatic hydroxyl groups is 2. The van der Waals surface area contributed by atoms with E-state index in [2.05, 4.69) is 15.1 Å². The number of amides is 1. The Bertz CT molecular complexity index is 1590. The Balaban J connectivity index is 1.35. The molecule has 0 spiro atoms. The van der Waals surface area contributed by atoms with Crippen LogP contribution in [0, 0.1) is 0 Å². The van der Waals surface area contributed by atoms with Crippen molar-refractivity contribution in [3.05, 3.63) is 101 Å². The summed E-state index contributed by atoms with van der Waals surface area (Å²) in [7, 11) is 0. The third-order valence-electron chi connectivity index (χ3n) is 6.79. The number of hydrogen-bond donors (Lipinski definition) is 3. The number of aromatic nitrogens is 4. The minimum atomic E-state index is -0.685. The molecule has 2 atom stereocenters. The molecule has 2 aromatic heterocycles. The fraction of sp³-hybridized carbons (Fsp3) is 0.250. The van der Waals surface area contributed by atoms with E-state index in [1.165, 1.54) is 32.9 Å². The molecular formula is C28H26N6O5S2. The van der Waals surface area contributed by atoms with Crippen molar-refractivity contribution >= 4 is 41.2 Å². The zero-order valence-electron chi connectivity index (χ0n) is 21.7. The summed E-state index contributed by atoms with van der Waals surface area (Å²) in [6, 6.07) is 19.9. The van der Waals surface area contributed by atoms with Crippen LogP contribution in [-0.2, 0) is 27.5 Å². The number of nitrogens with two attached hydrogens (primary N) is 1. The van der Waals surface area contributed by atoms with Crippen LogP contribution < -0.4 is 5.73 Å². The molecular weight excluding hydrogens is 564 g/mol. The van der Waals surface area contributed by atoms with E-state index in [-0.39, 0.29) is 41.8 Å². The molecule has 1 unspecified atom stereocenters. The number of carbonyl (C=O) groups is 2. The number of fused-ring (bicyclic) bond motifs is 2. The molecule has 0 aliphatic carbocycles. The van der Waals surface area contributed by atoms with Crippen LogP contribution in [0.1, 0.15) is 28.7 Å². The van der Waals surface area contributed by atoms with E-state index in [1.54, 1.807) is 6.07 Å². The lowest BCUT2D eigenvalue weighted by Gasteiger charge is -2.48. The normalized spacial score (nSPS) is 18.5. The monoisotopic (exact) mass is 590 g/mol. The van der Waals surface area contributed by atoms with Crippen molar-refractivity contribution in [1.82, 2.24) is 24.5 Å². The van der Waals surface area contributed by atoms with E-state index in [1.807, 2.05) is 60.7 Å². The van der Waals surface area contributed by atoms with Crippen molar-refractivity contribution in [2.24, 2.45) is 5.73 Å². The summed E-state index contributed by atoms with van der Waals surface area (Å²) < 4.78 is 7.64. The Morgan fingerprint density at radius 2 is 1.76 bits per heavy atom. The van der Waals surface area contributed by atoms with Crippen molar-refractivity contribution in [1.29, 1.82) is 0 Å². The van der Waals surface area contributed by atoms with E-state index < -0.39 is 18.1 Å². The van der Waals surface area contributed by atoms with Crippen molar-refractivity contribution in [2.75, 3.05) is 11.5 Å². The molecule has 4 aromatic rings. The van der Waals surface area contributed by atoms with Crippen LogP contribution in [0.2, 0.25) is 0 Å². The fourth-order valence-electron chi connectivity index (χ4n) is 4.77. The van der Waals surface area contributed by atoms with Crippen LogP contribution in [0.3, 0.4) is 0 Å². The quantitative estimate of drug-likeness (QED) is 0.113. The van der Waals surface area contributed by atoms with Gasteiger partial charge in [-0.15, -0.1) is 28.6 Å². The van der Waals surface area contributed by atoms with Crippen LogP contribution >= 0.6 is 23.5 Å². The van der Waals surface area contributed by atoms with Crippen molar-refractivity contribution in [3.8, 4) is 0 Å². The number of nitrogens with zero attached hydrogens (tertiary/aromatic N) is 5. The molecule has 0 bridgehead atoms. The number of β-lactam (4-membered cyclic amide) rings is 1. The largest absolute Gasteiger partial charge is 0.448 e. The standard InChI is InChI=1S/C28H26N6O5S2/c29-22-25(37)33-23(27(38)39-24(16-7-3-1-4-8-16)17-9-5-2-6-10-17)18(15-41-26(22)33)14-40-21-11-19(12-35)30-28-31-20(13-36)32-34(21)28/h1-11,22,24,26,35-36H,12-15,29H2/t22?,26-/m1/s1. The van der Waals surface area contributed by atoms with Crippen LogP contribution in [0.25, 0.3) is 5.78 Å². The van der Waals surface area contributed by atoms with E-state index in [9.17, 15) is 19.8 Å². The molecule has 1 saturated heterocycles. The van der Waals surface area contributed by atoms with Gasteiger partial charge in [-0.2, -0.15) is 9.50 Å². The second kappa shape index (κ2) is 11.6. The van der Waals surface area contributed by atoms with Crippen molar-refractivity contribution < 1.29 is 24.5 Å². The Morgan fingerprint density at radius 1 is 1.07 bits per heavy atom. The highest BCUT2D eigenvalue weighted by Crippen LogP contribution is 2.42. The molecule has 1 amide bonds. The Labute approximate surface area is 243 Å². The molecule has 0 radical (unpaired) electrons. The minimum absolute atomic E-state index is 0.196. The van der Waals surface area contributed by atoms with Gasteiger partial charge in [-0.1, -0.05) is 60.7 Å². The lowest BCUT2D eigenvalue weighted by Crippen LogP contribution is -2.68. The fourth-order valence-corrected chi connectivity index (χ4v) is 7.22. The van der Waals surface area contributed by atoms with Gasteiger partial charge in [0.25, 0.3) is 5.78 Å². The number of benzene rings is 2. The first kappa shape index (κ1) is 27.4. The average molecular weight is 591 g/mol. The third kappa shape index (κ3) is 5.22. The molecule has 2 aliphatic rings. The summed E-state index contributed by atoms with van der Waals surface area (Å²) in [5, 5.41) is 23.8. The van der Waals surface area contributed by atoms with E-state index in [0.717, 1.165) is 11.1 Å². The van der Waals surface area contributed by atoms with Crippen LogP contribution in [0.4, 0.5) is 0 Å². The maximum atomic E-state index is 13.9. The Hall–Kier alpha value is -3.75. The molecule has 2 aliphatic heterocycles. The predicted octanol–water partition coefficient (Wildman–Crippen LogP) is 2.03. The van der Waals surface area contributed by atoms with Gasteiger partial charge >= 0.3 is 5.97 Å². The lowest BCUT2D eigenvalue weighted by atomic mass is 10.0. The summed E-state index contributed by atoms with van der Waals surface area (Å²) in [5.41, 5.74) is 8.99. The summed E-state index contributed by atoms with van der Waals surface area (Å²) in [6.45, 7) is -0.661. The molecule has 11 nitrogen and oxygen atoms in total. The van der Waals surface area contributed by atoms with Gasteiger partial charge in [0.2, 0.25) is 5.91 Å². The van der Waals surface area contributed by atoms with Gasteiger partial charge in [0.15, 0.2) is 11.9 Å². The van der Waals surface area contributed by atoms with Gasteiger partial charge < -0.3 is 20.7 Å². The first-order chi connectivity index (χ1) is 20.0. The number of thioether (sulfide) groups is 2. The van der Waals surface area contributed by atoms with Gasteiger partial charge in [0, 0.05) is 11.5 Å². The molecule has 2 aromatic carbocycles. The maximum Gasteiger partial charge on any atom is 0.356 e. The van der Waals surface area contributed by atoms with Crippen LogP contribution in [-0.4, -0.2) is 69.5 Å². The highest BCUT2D eigenvalue weighted by Gasteiger charge is 2.52. The highest BCUT2D eigenvalue weighted by atomic mass is 32.2.